The Bertz CT molecular complexity index is 411. The lowest BCUT2D eigenvalue weighted by atomic mass is 10.1. The predicted molar refractivity (Wildman–Crippen MR) is 78.1 cm³/mol. The molecule has 3 heteroatoms. The minimum absolute atomic E-state index is 0.183. The van der Waals surface area contributed by atoms with Crippen LogP contribution in [0.25, 0.3) is 0 Å². The molecule has 104 valence electrons. The number of hydrogen-bond donors (Lipinski definition) is 0. The molecule has 0 amide bonds. The largest absolute Gasteiger partial charge is 0.494 e. The maximum Gasteiger partial charge on any atom is 0.123 e. The van der Waals surface area contributed by atoms with Crippen molar-refractivity contribution in [1.82, 2.24) is 4.90 Å². The van der Waals surface area contributed by atoms with Gasteiger partial charge in [-0.1, -0.05) is 32.4 Å². The first-order chi connectivity index (χ1) is 9.26. The van der Waals surface area contributed by atoms with Crippen molar-refractivity contribution in [1.29, 1.82) is 5.26 Å². The van der Waals surface area contributed by atoms with Gasteiger partial charge in [-0.3, -0.25) is 4.90 Å². The molecule has 0 saturated carbocycles. The van der Waals surface area contributed by atoms with Gasteiger partial charge in [-0.2, -0.15) is 5.26 Å². The number of benzene rings is 1. The molecule has 0 heterocycles. The number of nitrogens with zero attached hydrogens (tertiary/aromatic N) is 2. The van der Waals surface area contributed by atoms with E-state index in [1.165, 1.54) is 0 Å². The highest BCUT2D eigenvalue weighted by Crippen LogP contribution is 2.24. The van der Waals surface area contributed by atoms with E-state index in [4.69, 9.17) is 4.74 Å². The van der Waals surface area contributed by atoms with Gasteiger partial charge in [0.1, 0.15) is 11.8 Å². The first-order valence-electron chi connectivity index (χ1n) is 7.13. The third-order valence-electron chi connectivity index (χ3n) is 3.18. The second-order valence-electron chi connectivity index (χ2n) is 4.52. The molecule has 0 radical (unpaired) electrons. The Morgan fingerprint density at radius 1 is 1.32 bits per heavy atom. The fourth-order valence-corrected chi connectivity index (χ4v) is 2.14. The fraction of sp³-hybridized carbons (Fsp3) is 0.562. The zero-order valence-electron chi connectivity index (χ0n) is 12.2. The molecule has 0 aromatic heterocycles. The van der Waals surface area contributed by atoms with Gasteiger partial charge in [0.25, 0.3) is 0 Å². The lowest BCUT2D eigenvalue weighted by Crippen LogP contribution is -2.28. The summed E-state index contributed by atoms with van der Waals surface area (Å²) in [4.78, 5) is 2.22. The lowest BCUT2D eigenvalue weighted by molar-refractivity contribution is 0.244. The Morgan fingerprint density at radius 3 is 2.68 bits per heavy atom. The van der Waals surface area contributed by atoms with Crippen LogP contribution in [-0.2, 0) is 0 Å². The van der Waals surface area contributed by atoms with Gasteiger partial charge >= 0.3 is 0 Å². The van der Waals surface area contributed by atoms with Crippen LogP contribution in [0.4, 0.5) is 0 Å². The van der Waals surface area contributed by atoms with Crippen molar-refractivity contribution in [2.45, 2.75) is 39.7 Å². The maximum atomic E-state index is 9.47. The molecule has 1 aromatic carbocycles. The Morgan fingerprint density at radius 2 is 2.11 bits per heavy atom. The second-order valence-corrected chi connectivity index (χ2v) is 4.52. The van der Waals surface area contributed by atoms with E-state index in [-0.39, 0.29) is 6.04 Å². The van der Waals surface area contributed by atoms with E-state index in [0.29, 0.717) is 6.61 Å². The molecule has 0 fully saturated rings. The summed E-state index contributed by atoms with van der Waals surface area (Å²) >= 11 is 0. The summed E-state index contributed by atoms with van der Waals surface area (Å²) in [5, 5.41) is 9.47. The standard InChI is InChI=1S/C16H24N2O/c1-4-7-11-18(5-2)16(13-17)14-9-8-10-15(12-14)19-6-3/h8-10,12,16H,4-7,11H2,1-3H3. The molecule has 0 spiro atoms. The Balaban J connectivity index is 2.88. The van der Waals surface area contributed by atoms with Crippen LogP contribution < -0.4 is 4.74 Å². The van der Waals surface area contributed by atoms with Crippen molar-refractivity contribution in [2.75, 3.05) is 19.7 Å². The van der Waals surface area contributed by atoms with Gasteiger partial charge in [-0.25, -0.2) is 0 Å². The lowest BCUT2D eigenvalue weighted by Gasteiger charge is -2.26. The van der Waals surface area contributed by atoms with Crippen molar-refractivity contribution in [3.63, 3.8) is 0 Å². The molecule has 0 bridgehead atoms. The number of nitriles is 1. The van der Waals surface area contributed by atoms with Crippen LogP contribution in [0.5, 0.6) is 5.75 Å². The molecule has 19 heavy (non-hydrogen) atoms. The maximum absolute atomic E-state index is 9.47. The smallest absolute Gasteiger partial charge is 0.123 e. The van der Waals surface area contributed by atoms with Crippen LogP contribution >= 0.6 is 0 Å². The van der Waals surface area contributed by atoms with Crippen LogP contribution in [0.3, 0.4) is 0 Å². The highest BCUT2D eigenvalue weighted by molar-refractivity contribution is 5.33. The number of rotatable bonds is 8. The normalized spacial score (nSPS) is 12.2. The van der Waals surface area contributed by atoms with Crippen molar-refractivity contribution in [3.05, 3.63) is 29.8 Å². The molecule has 1 unspecified atom stereocenters. The summed E-state index contributed by atoms with van der Waals surface area (Å²) in [6.45, 7) is 8.74. The fourth-order valence-electron chi connectivity index (χ4n) is 2.14. The van der Waals surface area contributed by atoms with Crippen molar-refractivity contribution < 1.29 is 4.74 Å². The first-order valence-corrected chi connectivity index (χ1v) is 7.13. The highest BCUT2D eigenvalue weighted by Gasteiger charge is 2.18. The average Bonchev–Trinajstić information content (AvgIpc) is 2.44. The molecule has 0 aliphatic rings. The molecule has 0 saturated heterocycles. The molecule has 1 aromatic rings. The highest BCUT2D eigenvalue weighted by atomic mass is 16.5. The van der Waals surface area contributed by atoms with Gasteiger partial charge in [-0.05, 0) is 44.1 Å². The molecule has 3 nitrogen and oxygen atoms in total. The van der Waals surface area contributed by atoms with E-state index in [0.717, 1.165) is 37.2 Å². The zero-order valence-corrected chi connectivity index (χ0v) is 12.2. The molecule has 1 rings (SSSR count). The van der Waals surface area contributed by atoms with Crippen LogP contribution in [0, 0.1) is 11.3 Å². The average molecular weight is 260 g/mol. The Labute approximate surface area is 116 Å². The summed E-state index contributed by atoms with van der Waals surface area (Å²) in [5.74, 6) is 0.840. The predicted octanol–water partition coefficient (Wildman–Crippen LogP) is 3.77. The number of hydrogen-bond acceptors (Lipinski definition) is 3. The Kier molecular flexibility index (Phi) is 6.99. The summed E-state index contributed by atoms with van der Waals surface area (Å²) in [7, 11) is 0. The SMILES string of the molecule is CCCCN(CC)C(C#N)c1cccc(OCC)c1. The van der Waals surface area contributed by atoms with E-state index in [9.17, 15) is 5.26 Å². The molecular weight excluding hydrogens is 236 g/mol. The van der Waals surface area contributed by atoms with Gasteiger partial charge in [0.05, 0.1) is 12.7 Å². The van der Waals surface area contributed by atoms with Gasteiger partial charge in [0.2, 0.25) is 0 Å². The van der Waals surface area contributed by atoms with E-state index in [1.54, 1.807) is 0 Å². The Hall–Kier alpha value is -1.53. The van der Waals surface area contributed by atoms with Crippen LogP contribution in [0.2, 0.25) is 0 Å². The summed E-state index contributed by atoms with van der Waals surface area (Å²) in [6, 6.07) is 10.1. The number of ether oxygens (including phenoxy) is 1. The van der Waals surface area contributed by atoms with Crippen LogP contribution in [0.15, 0.2) is 24.3 Å². The quantitative estimate of drug-likeness (QED) is 0.714. The summed E-state index contributed by atoms with van der Waals surface area (Å²) in [6.07, 6.45) is 2.27. The molecule has 0 aliphatic heterocycles. The molecule has 0 N–H and O–H groups in total. The third kappa shape index (κ3) is 4.57. The second kappa shape index (κ2) is 8.55. The minimum atomic E-state index is -0.183. The van der Waals surface area contributed by atoms with E-state index < -0.39 is 0 Å². The van der Waals surface area contributed by atoms with Gasteiger partial charge in [0, 0.05) is 0 Å². The van der Waals surface area contributed by atoms with Crippen molar-refractivity contribution >= 4 is 0 Å². The zero-order chi connectivity index (χ0) is 14.1. The van der Waals surface area contributed by atoms with Crippen LogP contribution in [-0.4, -0.2) is 24.6 Å². The first kappa shape index (κ1) is 15.5. The van der Waals surface area contributed by atoms with Crippen LogP contribution in [0.1, 0.15) is 45.2 Å². The van der Waals surface area contributed by atoms with E-state index >= 15 is 0 Å². The molecule has 1 atom stereocenters. The minimum Gasteiger partial charge on any atom is -0.494 e. The molecular formula is C16H24N2O. The van der Waals surface area contributed by atoms with E-state index in [2.05, 4.69) is 24.8 Å². The van der Waals surface area contributed by atoms with Gasteiger partial charge < -0.3 is 4.74 Å². The monoisotopic (exact) mass is 260 g/mol. The molecule has 0 aliphatic carbocycles. The number of unbranched alkanes of at least 4 members (excludes halogenated alkanes) is 1. The van der Waals surface area contributed by atoms with E-state index in [1.807, 2.05) is 31.2 Å². The van der Waals surface area contributed by atoms with Crippen molar-refractivity contribution in [3.8, 4) is 11.8 Å². The topological polar surface area (TPSA) is 36.3 Å². The van der Waals surface area contributed by atoms with Gasteiger partial charge in [-0.15, -0.1) is 0 Å². The van der Waals surface area contributed by atoms with Gasteiger partial charge in [0.15, 0.2) is 0 Å². The summed E-state index contributed by atoms with van der Waals surface area (Å²) < 4.78 is 5.51. The third-order valence-corrected chi connectivity index (χ3v) is 3.18. The summed E-state index contributed by atoms with van der Waals surface area (Å²) in [5.41, 5.74) is 1.02. The van der Waals surface area contributed by atoms with Crippen molar-refractivity contribution in [2.24, 2.45) is 0 Å².